The summed E-state index contributed by atoms with van der Waals surface area (Å²) in [6, 6.07) is 6.10. The fourth-order valence-electron chi connectivity index (χ4n) is 1.55. The molecule has 1 aromatic carbocycles. The Balaban J connectivity index is 2.53. The Morgan fingerprint density at radius 1 is 1.35 bits per heavy atom. The van der Waals surface area contributed by atoms with E-state index in [-0.39, 0.29) is 0 Å². The van der Waals surface area contributed by atoms with Gasteiger partial charge in [0.2, 0.25) is 0 Å². The molecule has 1 heterocycles. The lowest BCUT2D eigenvalue weighted by Crippen LogP contribution is -2.00. The number of hydrogen-bond acceptors (Lipinski definition) is 3. The van der Waals surface area contributed by atoms with E-state index < -0.39 is 0 Å². The topological polar surface area (TPSA) is 37.8 Å². The predicted molar refractivity (Wildman–Crippen MR) is 82.2 cm³/mol. The van der Waals surface area contributed by atoms with Crippen LogP contribution in [-0.2, 0) is 0 Å². The zero-order chi connectivity index (χ0) is 12.4. The van der Waals surface area contributed by atoms with Gasteiger partial charge in [0.1, 0.15) is 5.82 Å². The number of rotatable bonds is 2. The number of benzene rings is 1. The Labute approximate surface area is 122 Å². The number of nitrogens with one attached hydrogen (secondary N) is 1. The molecule has 5 heteroatoms. The summed E-state index contributed by atoms with van der Waals surface area (Å²) in [5, 5.41) is 3.07. The summed E-state index contributed by atoms with van der Waals surface area (Å²) in [4.78, 5) is 8.88. The first kappa shape index (κ1) is 12.8. The molecule has 0 saturated carbocycles. The molecule has 88 valence electrons. The number of hydrogen-bond donors (Lipinski definition) is 1. The second-order valence-electron chi connectivity index (χ2n) is 3.60. The molecule has 0 atom stereocenters. The van der Waals surface area contributed by atoms with Crippen LogP contribution in [-0.4, -0.2) is 17.0 Å². The zero-order valence-electron chi connectivity index (χ0n) is 9.46. The van der Waals surface area contributed by atoms with E-state index in [0.717, 1.165) is 30.8 Å². The number of aryl methyl sites for hydroxylation is 1. The van der Waals surface area contributed by atoms with Crippen LogP contribution in [0.5, 0.6) is 0 Å². The van der Waals surface area contributed by atoms with Crippen molar-refractivity contribution in [2.24, 2.45) is 0 Å². The van der Waals surface area contributed by atoms with Crippen LogP contribution in [0, 0.1) is 10.5 Å². The van der Waals surface area contributed by atoms with Gasteiger partial charge in [-0.25, -0.2) is 9.97 Å². The SMILES string of the molecule is CNc1nc(-c2ccc(Br)cc2C)ncc1I. The van der Waals surface area contributed by atoms with Crippen molar-refractivity contribution in [2.75, 3.05) is 12.4 Å². The fraction of sp³-hybridized carbons (Fsp3) is 0.167. The third-order valence-corrected chi connectivity index (χ3v) is 3.69. The molecular weight excluding hydrogens is 393 g/mol. The van der Waals surface area contributed by atoms with Gasteiger partial charge in [-0.15, -0.1) is 0 Å². The monoisotopic (exact) mass is 403 g/mol. The normalized spacial score (nSPS) is 10.4. The van der Waals surface area contributed by atoms with Crippen LogP contribution in [0.1, 0.15) is 5.56 Å². The molecule has 1 aromatic heterocycles. The van der Waals surface area contributed by atoms with Crippen molar-refractivity contribution < 1.29 is 0 Å². The van der Waals surface area contributed by atoms with Crippen molar-refractivity contribution in [2.45, 2.75) is 6.92 Å². The molecule has 0 radical (unpaired) electrons. The van der Waals surface area contributed by atoms with Crippen LogP contribution in [0.15, 0.2) is 28.9 Å². The highest BCUT2D eigenvalue weighted by molar-refractivity contribution is 14.1. The van der Waals surface area contributed by atoms with E-state index in [1.165, 1.54) is 0 Å². The Bertz CT molecular complexity index is 557. The number of nitrogens with zero attached hydrogens (tertiary/aromatic N) is 2. The van der Waals surface area contributed by atoms with Gasteiger partial charge in [0, 0.05) is 23.3 Å². The average Bonchev–Trinajstić information content (AvgIpc) is 2.30. The van der Waals surface area contributed by atoms with Gasteiger partial charge in [-0.3, -0.25) is 0 Å². The highest BCUT2D eigenvalue weighted by Gasteiger charge is 2.08. The Morgan fingerprint density at radius 3 is 2.76 bits per heavy atom. The van der Waals surface area contributed by atoms with Crippen LogP contribution in [0.2, 0.25) is 0 Å². The smallest absolute Gasteiger partial charge is 0.161 e. The second-order valence-corrected chi connectivity index (χ2v) is 5.68. The first-order chi connectivity index (χ1) is 8.11. The molecule has 17 heavy (non-hydrogen) atoms. The van der Waals surface area contributed by atoms with Crippen LogP contribution in [0.4, 0.5) is 5.82 Å². The molecule has 0 aliphatic carbocycles. The lowest BCUT2D eigenvalue weighted by molar-refractivity contribution is 1.14. The molecular formula is C12H11BrIN3. The molecule has 0 amide bonds. The highest BCUT2D eigenvalue weighted by Crippen LogP contribution is 2.25. The lowest BCUT2D eigenvalue weighted by atomic mass is 10.1. The van der Waals surface area contributed by atoms with Gasteiger partial charge in [-0.2, -0.15) is 0 Å². The van der Waals surface area contributed by atoms with Crippen molar-refractivity contribution >= 4 is 44.3 Å². The first-order valence-corrected chi connectivity index (χ1v) is 6.96. The molecule has 2 rings (SSSR count). The van der Waals surface area contributed by atoms with Crippen molar-refractivity contribution in [3.8, 4) is 11.4 Å². The fourth-order valence-corrected chi connectivity index (χ4v) is 2.56. The molecule has 0 aliphatic rings. The van der Waals surface area contributed by atoms with Crippen LogP contribution in [0.3, 0.4) is 0 Å². The second kappa shape index (κ2) is 5.30. The maximum Gasteiger partial charge on any atom is 0.161 e. The van der Waals surface area contributed by atoms with Crippen LogP contribution < -0.4 is 5.32 Å². The van der Waals surface area contributed by atoms with Crippen molar-refractivity contribution in [1.29, 1.82) is 0 Å². The van der Waals surface area contributed by atoms with E-state index >= 15 is 0 Å². The van der Waals surface area contributed by atoms with E-state index in [1.54, 1.807) is 0 Å². The van der Waals surface area contributed by atoms with Gasteiger partial charge in [-0.05, 0) is 53.3 Å². The highest BCUT2D eigenvalue weighted by atomic mass is 127. The Hall–Kier alpha value is -0.690. The van der Waals surface area contributed by atoms with E-state index in [4.69, 9.17) is 0 Å². The average molecular weight is 404 g/mol. The lowest BCUT2D eigenvalue weighted by Gasteiger charge is -2.08. The van der Waals surface area contributed by atoms with E-state index in [0.29, 0.717) is 0 Å². The summed E-state index contributed by atoms with van der Waals surface area (Å²) in [7, 11) is 1.86. The van der Waals surface area contributed by atoms with Gasteiger partial charge < -0.3 is 5.32 Å². The Morgan fingerprint density at radius 2 is 2.12 bits per heavy atom. The predicted octanol–water partition coefficient (Wildman–Crippen LogP) is 3.86. The molecule has 0 saturated heterocycles. The van der Waals surface area contributed by atoms with Crippen LogP contribution in [0.25, 0.3) is 11.4 Å². The van der Waals surface area contributed by atoms with Gasteiger partial charge in [-0.1, -0.05) is 15.9 Å². The van der Waals surface area contributed by atoms with Gasteiger partial charge in [0.25, 0.3) is 0 Å². The van der Waals surface area contributed by atoms with Gasteiger partial charge in [0.15, 0.2) is 5.82 Å². The summed E-state index contributed by atoms with van der Waals surface area (Å²) in [6.45, 7) is 2.06. The van der Waals surface area contributed by atoms with E-state index in [2.05, 4.69) is 66.8 Å². The molecule has 0 bridgehead atoms. The molecule has 0 unspecified atom stereocenters. The first-order valence-electron chi connectivity index (χ1n) is 5.08. The quantitative estimate of drug-likeness (QED) is 0.773. The van der Waals surface area contributed by atoms with Crippen molar-refractivity contribution in [1.82, 2.24) is 9.97 Å². The minimum Gasteiger partial charge on any atom is -0.372 e. The third kappa shape index (κ3) is 2.77. The minimum absolute atomic E-state index is 0.750. The molecule has 2 aromatic rings. The van der Waals surface area contributed by atoms with Crippen LogP contribution >= 0.6 is 38.5 Å². The van der Waals surface area contributed by atoms with Crippen molar-refractivity contribution in [3.05, 3.63) is 38.0 Å². The molecule has 1 N–H and O–H groups in total. The summed E-state index contributed by atoms with van der Waals surface area (Å²) in [6.07, 6.45) is 1.83. The van der Waals surface area contributed by atoms with E-state index in [9.17, 15) is 0 Å². The number of aromatic nitrogens is 2. The number of anilines is 1. The maximum absolute atomic E-state index is 4.51. The van der Waals surface area contributed by atoms with Gasteiger partial charge in [0.05, 0.1) is 3.57 Å². The number of halogens is 2. The summed E-state index contributed by atoms with van der Waals surface area (Å²) in [5.41, 5.74) is 2.21. The molecule has 0 fully saturated rings. The zero-order valence-corrected chi connectivity index (χ0v) is 13.2. The minimum atomic E-state index is 0.750. The molecule has 0 spiro atoms. The maximum atomic E-state index is 4.51. The standard InChI is InChI=1S/C12H11BrIN3/c1-7-5-8(13)3-4-9(7)11-16-6-10(14)12(15-2)17-11/h3-6H,1-2H3,(H,15,16,17). The molecule has 3 nitrogen and oxygen atoms in total. The summed E-state index contributed by atoms with van der Waals surface area (Å²) >= 11 is 5.67. The third-order valence-electron chi connectivity index (χ3n) is 2.41. The molecule has 0 aliphatic heterocycles. The van der Waals surface area contributed by atoms with Crippen molar-refractivity contribution in [3.63, 3.8) is 0 Å². The van der Waals surface area contributed by atoms with E-state index in [1.807, 2.05) is 25.4 Å². The summed E-state index contributed by atoms with van der Waals surface area (Å²) < 4.78 is 2.08. The Kier molecular flexibility index (Phi) is 3.98. The largest absolute Gasteiger partial charge is 0.372 e. The van der Waals surface area contributed by atoms with Gasteiger partial charge >= 0.3 is 0 Å². The summed E-state index contributed by atoms with van der Waals surface area (Å²) in [5.74, 6) is 1.61.